The second kappa shape index (κ2) is 2.88. The van der Waals surface area contributed by atoms with E-state index in [4.69, 9.17) is 0 Å². The van der Waals surface area contributed by atoms with Gasteiger partial charge in [-0.2, -0.15) is 0 Å². The Bertz CT molecular complexity index is 401. The molecule has 0 aromatic heterocycles. The summed E-state index contributed by atoms with van der Waals surface area (Å²) in [7, 11) is 1.58. The van der Waals surface area contributed by atoms with Crippen molar-refractivity contribution in [2.24, 2.45) is 11.8 Å². The van der Waals surface area contributed by atoms with Crippen molar-refractivity contribution < 1.29 is 9.59 Å². The quantitative estimate of drug-likeness (QED) is 0.583. The van der Waals surface area contributed by atoms with Crippen LogP contribution in [0.3, 0.4) is 0 Å². The van der Waals surface area contributed by atoms with Crippen LogP contribution in [0.15, 0.2) is 10.5 Å². The minimum atomic E-state index is -0.0814. The average Bonchev–Trinajstić information content (AvgIpc) is 2.74. The number of rotatable bonds is 0. The summed E-state index contributed by atoms with van der Waals surface area (Å²) >= 11 is 1.64. The zero-order valence-electron chi connectivity index (χ0n) is 8.82. The van der Waals surface area contributed by atoms with Gasteiger partial charge in [0, 0.05) is 23.8 Å². The van der Waals surface area contributed by atoms with Crippen molar-refractivity contribution in [1.29, 1.82) is 0 Å². The van der Waals surface area contributed by atoms with E-state index < -0.39 is 0 Å². The lowest BCUT2D eigenvalue weighted by atomic mass is 9.96. The average molecular weight is 223 g/mol. The highest BCUT2D eigenvalue weighted by molar-refractivity contribution is 8.05. The van der Waals surface area contributed by atoms with Gasteiger partial charge in [-0.1, -0.05) is 6.92 Å². The first-order valence-electron chi connectivity index (χ1n) is 5.32. The third-order valence-corrected chi connectivity index (χ3v) is 5.11. The molecular weight excluding hydrogens is 210 g/mol. The third-order valence-electron chi connectivity index (χ3n) is 3.66. The molecule has 1 saturated carbocycles. The highest BCUT2D eigenvalue weighted by Gasteiger charge is 2.51. The summed E-state index contributed by atoms with van der Waals surface area (Å²) < 4.78 is 0. The molecule has 3 aliphatic rings. The lowest BCUT2D eigenvalue weighted by Crippen LogP contribution is -2.30. The van der Waals surface area contributed by atoms with Crippen molar-refractivity contribution in [3.8, 4) is 0 Å². The van der Waals surface area contributed by atoms with Gasteiger partial charge in [0.05, 0.1) is 4.91 Å². The minimum Gasteiger partial charge on any atom is -0.277 e. The van der Waals surface area contributed by atoms with E-state index in [1.165, 1.54) is 4.90 Å². The maximum Gasteiger partial charge on any atom is 0.267 e. The van der Waals surface area contributed by atoms with Crippen LogP contribution in [-0.2, 0) is 9.59 Å². The van der Waals surface area contributed by atoms with E-state index in [-0.39, 0.29) is 11.8 Å². The smallest absolute Gasteiger partial charge is 0.267 e. The zero-order valence-corrected chi connectivity index (χ0v) is 9.63. The topological polar surface area (TPSA) is 37.4 Å². The summed E-state index contributed by atoms with van der Waals surface area (Å²) in [5.41, 5.74) is 0.821. The van der Waals surface area contributed by atoms with Gasteiger partial charge in [-0.05, 0) is 18.8 Å². The Morgan fingerprint density at radius 2 is 2.00 bits per heavy atom. The van der Waals surface area contributed by atoms with Crippen molar-refractivity contribution in [3.63, 3.8) is 0 Å². The lowest BCUT2D eigenvalue weighted by molar-refractivity contribution is -0.135. The van der Waals surface area contributed by atoms with E-state index >= 15 is 0 Å². The maximum atomic E-state index is 11.9. The van der Waals surface area contributed by atoms with Crippen LogP contribution in [0.2, 0.25) is 0 Å². The third kappa shape index (κ3) is 1.08. The van der Waals surface area contributed by atoms with E-state index in [0.29, 0.717) is 17.1 Å². The molecule has 15 heavy (non-hydrogen) atoms. The number of hydrogen-bond acceptors (Lipinski definition) is 3. The highest BCUT2D eigenvalue weighted by Crippen LogP contribution is 2.54. The minimum absolute atomic E-state index is 0.0518. The number of imide groups is 1. The molecule has 2 heterocycles. The normalized spacial score (nSPS) is 39.1. The SMILES string of the molecule is CC1CC2SC3=C(C(=O)N(C)C3=O)[C@@H]2C1. The number of likely N-dealkylation sites (N-methyl/N-ethyl adjacent to an activating group) is 1. The van der Waals surface area contributed by atoms with Crippen LogP contribution in [0, 0.1) is 11.8 Å². The lowest BCUT2D eigenvalue weighted by Gasteiger charge is -2.15. The van der Waals surface area contributed by atoms with E-state index in [1.807, 2.05) is 0 Å². The molecule has 0 saturated heterocycles. The van der Waals surface area contributed by atoms with Crippen molar-refractivity contribution in [3.05, 3.63) is 10.5 Å². The van der Waals surface area contributed by atoms with Crippen LogP contribution >= 0.6 is 11.8 Å². The monoisotopic (exact) mass is 223 g/mol. The van der Waals surface area contributed by atoms with Crippen molar-refractivity contribution >= 4 is 23.6 Å². The Morgan fingerprint density at radius 3 is 2.73 bits per heavy atom. The molecule has 4 heteroatoms. The molecule has 3 rings (SSSR count). The van der Waals surface area contributed by atoms with Crippen LogP contribution < -0.4 is 0 Å². The molecule has 0 N–H and O–H groups in total. The van der Waals surface area contributed by atoms with Crippen molar-refractivity contribution in [2.75, 3.05) is 7.05 Å². The van der Waals surface area contributed by atoms with Crippen LogP contribution in [0.5, 0.6) is 0 Å². The number of fused-ring (bicyclic) bond motifs is 2. The number of hydrogen-bond donors (Lipinski definition) is 0. The molecular formula is C11H13NO2S. The van der Waals surface area contributed by atoms with Crippen molar-refractivity contribution in [2.45, 2.75) is 25.0 Å². The largest absolute Gasteiger partial charge is 0.277 e. The molecule has 2 unspecified atom stereocenters. The standard InChI is InChI=1S/C11H13NO2S/c1-5-3-6-7(4-5)15-9-8(6)10(13)12(2)11(9)14/h5-7H,3-4H2,1-2H3/t5?,6-,7?/m1/s1. The number of carbonyl (C=O) groups excluding carboxylic acids is 2. The first-order valence-corrected chi connectivity index (χ1v) is 6.20. The number of nitrogens with zero attached hydrogens (tertiary/aromatic N) is 1. The van der Waals surface area contributed by atoms with Gasteiger partial charge >= 0.3 is 0 Å². The number of carbonyl (C=O) groups is 2. The Morgan fingerprint density at radius 1 is 1.27 bits per heavy atom. The summed E-state index contributed by atoms with van der Waals surface area (Å²) in [6, 6.07) is 0. The van der Waals surface area contributed by atoms with Crippen LogP contribution in [0.1, 0.15) is 19.8 Å². The van der Waals surface area contributed by atoms with Gasteiger partial charge in [-0.3, -0.25) is 14.5 Å². The summed E-state index contributed by atoms with van der Waals surface area (Å²) in [5, 5.41) is 0.492. The predicted octanol–water partition coefficient (Wildman–Crippen LogP) is 1.40. The molecule has 3 nitrogen and oxygen atoms in total. The van der Waals surface area contributed by atoms with Gasteiger partial charge < -0.3 is 0 Å². The van der Waals surface area contributed by atoms with Gasteiger partial charge in [-0.15, -0.1) is 11.8 Å². The summed E-state index contributed by atoms with van der Waals surface area (Å²) in [5.74, 6) is 0.905. The predicted molar refractivity (Wildman–Crippen MR) is 58.1 cm³/mol. The Balaban J connectivity index is 2.00. The molecule has 0 bridgehead atoms. The number of thioether (sulfide) groups is 1. The summed E-state index contributed by atoms with van der Waals surface area (Å²) in [4.78, 5) is 25.6. The molecule has 2 amide bonds. The molecule has 2 aliphatic heterocycles. The zero-order chi connectivity index (χ0) is 10.7. The maximum absolute atomic E-state index is 11.9. The highest BCUT2D eigenvalue weighted by atomic mass is 32.2. The Labute approximate surface area is 92.9 Å². The fourth-order valence-corrected chi connectivity index (χ4v) is 4.65. The van der Waals surface area contributed by atoms with Crippen LogP contribution in [0.25, 0.3) is 0 Å². The fraction of sp³-hybridized carbons (Fsp3) is 0.636. The van der Waals surface area contributed by atoms with Gasteiger partial charge in [0.25, 0.3) is 11.8 Å². The summed E-state index contributed by atoms with van der Waals surface area (Å²) in [6.45, 7) is 2.23. The van der Waals surface area contributed by atoms with E-state index in [0.717, 1.165) is 23.3 Å². The number of amides is 2. The summed E-state index contributed by atoms with van der Waals surface area (Å²) in [6.07, 6.45) is 2.22. The van der Waals surface area contributed by atoms with Crippen molar-refractivity contribution in [1.82, 2.24) is 4.90 Å². The molecule has 3 atom stereocenters. The van der Waals surface area contributed by atoms with Gasteiger partial charge in [-0.25, -0.2) is 0 Å². The molecule has 0 aromatic rings. The van der Waals surface area contributed by atoms with E-state index in [9.17, 15) is 9.59 Å². The first kappa shape index (κ1) is 9.46. The van der Waals surface area contributed by atoms with Crippen LogP contribution in [-0.4, -0.2) is 29.0 Å². The molecule has 0 aromatic carbocycles. The van der Waals surface area contributed by atoms with Crippen LogP contribution in [0.4, 0.5) is 0 Å². The van der Waals surface area contributed by atoms with E-state index in [1.54, 1.807) is 18.8 Å². The Kier molecular flexibility index (Phi) is 1.81. The molecule has 0 spiro atoms. The fourth-order valence-electron chi connectivity index (χ4n) is 2.91. The van der Waals surface area contributed by atoms with Gasteiger partial charge in [0.15, 0.2) is 0 Å². The molecule has 1 fully saturated rings. The van der Waals surface area contributed by atoms with Gasteiger partial charge in [0.1, 0.15) is 0 Å². The molecule has 80 valence electrons. The molecule has 1 aliphatic carbocycles. The second-order valence-electron chi connectivity index (χ2n) is 4.75. The van der Waals surface area contributed by atoms with E-state index in [2.05, 4.69) is 6.92 Å². The Hall–Kier alpha value is -0.770. The molecule has 0 radical (unpaired) electrons. The first-order chi connectivity index (χ1) is 7.09. The van der Waals surface area contributed by atoms with Gasteiger partial charge in [0.2, 0.25) is 0 Å². The second-order valence-corrected chi connectivity index (χ2v) is 6.00.